The van der Waals surface area contributed by atoms with Gasteiger partial charge >= 0.3 is 0 Å². The summed E-state index contributed by atoms with van der Waals surface area (Å²) >= 11 is 0. The fourth-order valence-electron chi connectivity index (χ4n) is 4.25. The highest BCUT2D eigenvalue weighted by molar-refractivity contribution is 5.99. The second-order valence-corrected chi connectivity index (χ2v) is 8.12. The number of amides is 2. The molecule has 1 N–H and O–H groups in total. The van der Waals surface area contributed by atoms with Crippen LogP contribution in [0.1, 0.15) is 21.6 Å². The molecule has 2 aliphatic heterocycles. The fraction of sp³-hybridized carbons (Fsp3) is 0.333. The third-order valence-electron chi connectivity index (χ3n) is 6.22. The van der Waals surface area contributed by atoms with Gasteiger partial charge in [-0.3, -0.25) is 9.59 Å². The molecule has 1 atom stereocenters. The number of aromatic amines is 1. The number of rotatable bonds is 2. The second kappa shape index (κ2) is 7.65. The lowest BCUT2D eigenvalue weighted by molar-refractivity contribution is -0.142. The van der Waals surface area contributed by atoms with E-state index in [9.17, 15) is 9.59 Å². The van der Waals surface area contributed by atoms with Gasteiger partial charge in [0.25, 0.3) is 11.8 Å². The van der Waals surface area contributed by atoms with Crippen molar-refractivity contribution in [2.45, 2.75) is 20.0 Å². The molecule has 3 heterocycles. The third kappa shape index (κ3) is 3.50. The number of carbonyl (C=O) groups is 2. The molecule has 0 bridgehead atoms. The van der Waals surface area contributed by atoms with Gasteiger partial charge in [0.2, 0.25) is 6.10 Å². The Labute approximate surface area is 180 Å². The van der Waals surface area contributed by atoms with Crippen LogP contribution < -0.4 is 9.47 Å². The zero-order chi connectivity index (χ0) is 21.5. The highest BCUT2D eigenvalue weighted by Crippen LogP contribution is 2.31. The predicted octanol–water partition coefficient (Wildman–Crippen LogP) is 2.91. The van der Waals surface area contributed by atoms with Crippen LogP contribution in [-0.2, 0) is 4.79 Å². The predicted molar refractivity (Wildman–Crippen MR) is 117 cm³/mol. The highest BCUT2D eigenvalue weighted by Gasteiger charge is 2.33. The number of nitrogens with one attached hydrogen (secondary N) is 1. The first kappa shape index (κ1) is 19.5. The topological polar surface area (TPSA) is 74.9 Å². The first-order valence-electron chi connectivity index (χ1n) is 10.6. The molecule has 1 fully saturated rings. The molecular weight excluding hydrogens is 394 g/mol. The van der Waals surface area contributed by atoms with Crippen molar-refractivity contribution in [3.05, 3.63) is 59.3 Å². The molecule has 0 radical (unpaired) electrons. The summed E-state index contributed by atoms with van der Waals surface area (Å²) in [6, 6.07) is 13.1. The third-order valence-corrected chi connectivity index (χ3v) is 6.22. The van der Waals surface area contributed by atoms with Crippen LogP contribution in [0, 0.1) is 13.8 Å². The quantitative estimate of drug-likeness (QED) is 0.693. The van der Waals surface area contributed by atoms with Crippen molar-refractivity contribution in [3.8, 4) is 11.5 Å². The van der Waals surface area contributed by atoms with Gasteiger partial charge in [-0.15, -0.1) is 0 Å². The van der Waals surface area contributed by atoms with E-state index in [0.717, 1.165) is 22.2 Å². The molecule has 2 amide bonds. The van der Waals surface area contributed by atoms with Crippen molar-refractivity contribution >= 4 is 22.7 Å². The molecule has 2 aromatic carbocycles. The van der Waals surface area contributed by atoms with Gasteiger partial charge < -0.3 is 24.3 Å². The van der Waals surface area contributed by atoms with Crippen LogP contribution in [0.15, 0.2) is 42.5 Å². The molecule has 0 unspecified atom stereocenters. The van der Waals surface area contributed by atoms with Crippen LogP contribution in [0.3, 0.4) is 0 Å². The lowest BCUT2D eigenvalue weighted by atomic mass is 10.1. The lowest BCUT2D eigenvalue weighted by Gasteiger charge is -2.37. The molecule has 31 heavy (non-hydrogen) atoms. The van der Waals surface area contributed by atoms with Crippen molar-refractivity contribution in [2.75, 3.05) is 32.8 Å². The Morgan fingerprint density at radius 1 is 0.968 bits per heavy atom. The van der Waals surface area contributed by atoms with Crippen LogP contribution in [0.2, 0.25) is 0 Å². The Bertz CT molecular complexity index is 1160. The van der Waals surface area contributed by atoms with E-state index >= 15 is 0 Å². The van der Waals surface area contributed by atoms with Crippen LogP contribution in [0.25, 0.3) is 10.9 Å². The SMILES string of the molecule is Cc1[nH]c2ccc(C(=O)N3CCN(C(=O)[C@H]4COc5ccccc5O4)CC3)cc2c1C. The number of fused-ring (bicyclic) bond motifs is 2. The van der Waals surface area contributed by atoms with Gasteiger partial charge in [-0.2, -0.15) is 0 Å². The average Bonchev–Trinajstić information content (AvgIpc) is 3.10. The minimum absolute atomic E-state index is 0.00145. The van der Waals surface area contributed by atoms with Crippen LogP contribution in [0.4, 0.5) is 0 Å². The number of ether oxygens (including phenoxy) is 2. The minimum Gasteiger partial charge on any atom is -0.485 e. The minimum atomic E-state index is -0.653. The molecule has 7 nitrogen and oxygen atoms in total. The Hall–Kier alpha value is -3.48. The summed E-state index contributed by atoms with van der Waals surface area (Å²) in [6.07, 6.45) is -0.653. The number of benzene rings is 2. The maximum atomic E-state index is 13.0. The fourth-order valence-corrected chi connectivity index (χ4v) is 4.25. The number of aryl methyl sites for hydroxylation is 2. The standard InChI is InChI=1S/C24H25N3O4/c1-15-16(2)25-19-8-7-17(13-18(15)19)23(28)26-9-11-27(12-10-26)24(29)22-14-30-20-5-3-4-6-21(20)31-22/h3-8,13,22,25H,9-12,14H2,1-2H3/t22-/m1/s1. The number of piperazine rings is 1. The normalized spacial score (nSPS) is 18.3. The summed E-state index contributed by atoms with van der Waals surface area (Å²) in [7, 11) is 0. The zero-order valence-electron chi connectivity index (χ0n) is 17.7. The van der Waals surface area contributed by atoms with Crippen molar-refractivity contribution in [1.29, 1.82) is 0 Å². The van der Waals surface area contributed by atoms with E-state index in [1.54, 1.807) is 11.0 Å². The number of hydrogen-bond donors (Lipinski definition) is 1. The largest absolute Gasteiger partial charge is 0.485 e. The zero-order valence-corrected chi connectivity index (χ0v) is 17.7. The first-order valence-corrected chi connectivity index (χ1v) is 10.6. The number of aromatic nitrogens is 1. The Kier molecular flexibility index (Phi) is 4.81. The molecule has 2 aliphatic rings. The van der Waals surface area contributed by atoms with Gasteiger partial charge in [0.15, 0.2) is 11.5 Å². The molecule has 160 valence electrons. The van der Waals surface area contributed by atoms with E-state index in [4.69, 9.17) is 9.47 Å². The van der Waals surface area contributed by atoms with Crippen molar-refractivity contribution in [2.24, 2.45) is 0 Å². The van der Waals surface area contributed by atoms with E-state index in [0.29, 0.717) is 43.2 Å². The Balaban J connectivity index is 1.23. The smallest absolute Gasteiger partial charge is 0.267 e. The monoisotopic (exact) mass is 419 g/mol. The van der Waals surface area contributed by atoms with Gasteiger partial charge in [-0.25, -0.2) is 0 Å². The van der Waals surface area contributed by atoms with E-state index in [1.807, 2.05) is 48.2 Å². The summed E-state index contributed by atoms with van der Waals surface area (Å²) in [6.45, 7) is 6.25. The number of carbonyl (C=O) groups excluding carboxylic acids is 2. The van der Waals surface area contributed by atoms with Gasteiger partial charge in [-0.1, -0.05) is 12.1 Å². The first-order chi connectivity index (χ1) is 15.0. The van der Waals surface area contributed by atoms with Gasteiger partial charge in [0.1, 0.15) is 6.61 Å². The van der Waals surface area contributed by atoms with Crippen molar-refractivity contribution in [1.82, 2.24) is 14.8 Å². The van der Waals surface area contributed by atoms with E-state index in [1.165, 1.54) is 0 Å². The molecule has 0 saturated carbocycles. The van der Waals surface area contributed by atoms with Crippen LogP contribution in [0.5, 0.6) is 11.5 Å². The van der Waals surface area contributed by atoms with Crippen molar-refractivity contribution < 1.29 is 19.1 Å². The summed E-state index contributed by atoms with van der Waals surface area (Å²) in [5.41, 5.74) is 3.99. The second-order valence-electron chi connectivity index (χ2n) is 8.12. The highest BCUT2D eigenvalue weighted by atomic mass is 16.6. The molecule has 5 rings (SSSR count). The average molecular weight is 419 g/mol. The molecule has 0 aliphatic carbocycles. The van der Waals surface area contributed by atoms with E-state index < -0.39 is 6.10 Å². The maximum absolute atomic E-state index is 13.0. The molecule has 7 heteroatoms. The van der Waals surface area contributed by atoms with Crippen molar-refractivity contribution in [3.63, 3.8) is 0 Å². The van der Waals surface area contributed by atoms with Crippen LogP contribution in [-0.4, -0.2) is 65.5 Å². The lowest BCUT2D eigenvalue weighted by Crippen LogP contribution is -2.55. The van der Waals surface area contributed by atoms with Gasteiger partial charge in [0, 0.05) is 48.3 Å². The number of hydrogen-bond acceptors (Lipinski definition) is 4. The molecule has 3 aromatic rings. The van der Waals surface area contributed by atoms with E-state index in [2.05, 4.69) is 11.9 Å². The summed E-state index contributed by atoms with van der Waals surface area (Å²) < 4.78 is 11.5. The maximum Gasteiger partial charge on any atom is 0.267 e. The number of nitrogens with zero attached hydrogens (tertiary/aromatic N) is 2. The molecule has 0 spiro atoms. The Morgan fingerprint density at radius 2 is 1.68 bits per heavy atom. The Morgan fingerprint density at radius 3 is 2.45 bits per heavy atom. The summed E-state index contributed by atoms with van der Waals surface area (Å²) in [5, 5.41) is 1.08. The summed E-state index contributed by atoms with van der Waals surface area (Å²) in [5.74, 6) is 1.15. The number of H-pyrrole nitrogens is 1. The molecular formula is C24H25N3O4. The van der Waals surface area contributed by atoms with E-state index in [-0.39, 0.29) is 18.4 Å². The van der Waals surface area contributed by atoms with Gasteiger partial charge in [-0.05, 0) is 49.7 Å². The summed E-state index contributed by atoms with van der Waals surface area (Å²) in [4.78, 5) is 32.9. The molecule has 1 aromatic heterocycles. The molecule has 1 saturated heterocycles. The number of para-hydroxylation sites is 2. The van der Waals surface area contributed by atoms with Crippen LogP contribution >= 0.6 is 0 Å². The van der Waals surface area contributed by atoms with Gasteiger partial charge in [0.05, 0.1) is 0 Å².